The quantitative estimate of drug-likeness (QED) is 0.527. The van der Waals surface area contributed by atoms with Gasteiger partial charge in [0, 0.05) is 35.4 Å². The second kappa shape index (κ2) is 10.6. The van der Waals surface area contributed by atoms with Gasteiger partial charge in [0.15, 0.2) is 5.78 Å². The molecule has 4 rings (SSSR count). The maximum Gasteiger partial charge on any atom is 0.234 e. The van der Waals surface area contributed by atoms with E-state index in [0.717, 1.165) is 0 Å². The van der Waals surface area contributed by atoms with Gasteiger partial charge < -0.3 is 10.1 Å². The SMILES string of the molecule is COc1cccc(NC(=O)CSC2=NC3=C(C(=O)CCC3)[C@H](c3cccc(Cl)c3Cl)C2C#N)c1. The summed E-state index contributed by atoms with van der Waals surface area (Å²) >= 11 is 14.0. The van der Waals surface area contributed by atoms with Crippen molar-refractivity contribution in [1.82, 2.24) is 0 Å². The largest absolute Gasteiger partial charge is 0.497 e. The number of halogens is 2. The number of rotatable bonds is 5. The van der Waals surface area contributed by atoms with Crippen molar-refractivity contribution in [2.24, 2.45) is 10.9 Å². The standard InChI is InChI=1S/C25H21Cl2N3O3S/c1-33-15-6-2-5-14(11-15)29-21(32)13-34-25-17(12-28)22(16-7-3-8-18(26)24(16)27)23-19(30-25)9-4-10-20(23)31/h2-3,5-8,11,17,22H,4,9-10,13H2,1H3,(H,29,32)/t17?,22-/m1/s1. The lowest BCUT2D eigenvalue weighted by molar-refractivity contribution is -0.116. The van der Waals surface area contributed by atoms with Gasteiger partial charge in [-0.3, -0.25) is 9.59 Å². The molecule has 2 atom stereocenters. The first-order chi connectivity index (χ1) is 16.4. The number of amides is 1. The molecule has 1 aliphatic heterocycles. The van der Waals surface area contributed by atoms with Gasteiger partial charge >= 0.3 is 0 Å². The summed E-state index contributed by atoms with van der Waals surface area (Å²) in [7, 11) is 1.56. The summed E-state index contributed by atoms with van der Waals surface area (Å²) in [5, 5.41) is 14.1. The lowest BCUT2D eigenvalue weighted by Gasteiger charge is -2.33. The first-order valence-corrected chi connectivity index (χ1v) is 12.4. The first-order valence-electron chi connectivity index (χ1n) is 10.7. The number of anilines is 1. The van der Waals surface area contributed by atoms with Crippen LogP contribution in [0.4, 0.5) is 5.69 Å². The van der Waals surface area contributed by atoms with Crippen LogP contribution in [0.15, 0.2) is 58.7 Å². The second-order valence-corrected chi connectivity index (χ2v) is 9.66. The van der Waals surface area contributed by atoms with Crippen molar-refractivity contribution in [3.8, 4) is 11.8 Å². The highest BCUT2D eigenvalue weighted by atomic mass is 35.5. The fourth-order valence-corrected chi connectivity index (χ4v) is 5.53. The van der Waals surface area contributed by atoms with E-state index in [1.165, 1.54) is 11.8 Å². The number of aliphatic imine (C=N–C) groups is 1. The zero-order chi connectivity index (χ0) is 24.2. The van der Waals surface area contributed by atoms with E-state index in [9.17, 15) is 14.9 Å². The van der Waals surface area contributed by atoms with E-state index in [2.05, 4.69) is 16.4 Å². The summed E-state index contributed by atoms with van der Waals surface area (Å²) in [6.45, 7) is 0. The lowest BCUT2D eigenvalue weighted by atomic mass is 9.74. The third kappa shape index (κ3) is 5.00. The molecule has 1 N–H and O–H groups in total. The van der Waals surface area contributed by atoms with Crippen LogP contribution in [0.5, 0.6) is 5.75 Å². The highest BCUT2D eigenvalue weighted by Gasteiger charge is 2.41. The number of benzene rings is 2. The highest BCUT2D eigenvalue weighted by molar-refractivity contribution is 8.14. The molecular formula is C25H21Cl2N3O3S. The number of Topliss-reactive ketones (excluding diaryl/α,β-unsaturated/α-hetero) is 1. The summed E-state index contributed by atoms with van der Waals surface area (Å²) in [6.07, 6.45) is 1.74. The number of ketones is 1. The zero-order valence-corrected chi connectivity index (χ0v) is 20.6. The molecule has 0 radical (unpaired) electrons. The molecule has 34 heavy (non-hydrogen) atoms. The van der Waals surface area contributed by atoms with E-state index in [-0.39, 0.29) is 17.4 Å². The van der Waals surface area contributed by atoms with E-state index in [0.29, 0.717) is 62.6 Å². The molecule has 0 bridgehead atoms. The zero-order valence-electron chi connectivity index (χ0n) is 18.3. The molecule has 1 unspecified atom stereocenters. The van der Waals surface area contributed by atoms with Crippen molar-refractivity contribution in [3.05, 3.63) is 69.3 Å². The molecule has 174 valence electrons. The van der Waals surface area contributed by atoms with Gasteiger partial charge in [-0.15, -0.1) is 0 Å². The fourth-order valence-electron chi connectivity index (χ4n) is 4.21. The van der Waals surface area contributed by atoms with Crippen molar-refractivity contribution in [3.63, 3.8) is 0 Å². The summed E-state index contributed by atoms with van der Waals surface area (Å²) in [6, 6.07) is 14.6. The van der Waals surface area contributed by atoms with Gasteiger partial charge in [0.1, 0.15) is 11.7 Å². The number of carbonyl (C=O) groups excluding carboxylic acids is 2. The topological polar surface area (TPSA) is 91.5 Å². The van der Waals surface area contributed by atoms with Crippen LogP contribution in [0.1, 0.15) is 30.7 Å². The van der Waals surface area contributed by atoms with Crippen molar-refractivity contribution in [1.29, 1.82) is 5.26 Å². The fraction of sp³-hybridized carbons (Fsp3) is 0.280. The number of methoxy groups -OCH3 is 1. The Morgan fingerprint density at radius 3 is 2.82 bits per heavy atom. The van der Waals surface area contributed by atoms with Crippen LogP contribution in [0.2, 0.25) is 10.0 Å². The third-order valence-corrected chi connectivity index (χ3v) is 7.63. The van der Waals surface area contributed by atoms with Crippen LogP contribution < -0.4 is 10.1 Å². The molecule has 0 fully saturated rings. The minimum atomic E-state index is -0.758. The molecule has 2 aromatic carbocycles. The summed E-state index contributed by atoms with van der Waals surface area (Å²) in [5.41, 5.74) is 2.43. The van der Waals surface area contributed by atoms with Crippen LogP contribution in [-0.4, -0.2) is 29.6 Å². The molecule has 1 amide bonds. The van der Waals surface area contributed by atoms with Gasteiger partial charge in [0.05, 0.1) is 34.0 Å². The predicted molar refractivity (Wildman–Crippen MR) is 136 cm³/mol. The Morgan fingerprint density at radius 2 is 2.06 bits per heavy atom. The van der Waals surface area contributed by atoms with Crippen LogP contribution in [0, 0.1) is 17.2 Å². The van der Waals surface area contributed by atoms with Crippen LogP contribution in [-0.2, 0) is 9.59 Å². The van der Waals surface area contributed by atoms with E-state index in [1.54, 1.807) is 49.6 Å². The number of hydrogen-bond donors (Lipinski definition) is 1. The Morgan fingerprint density at radius 1 is 1.26 bits per heavy atom. The van der Waals surface area contributed by atoms with E-state index in [4.69, 9.17) is 27.9 Å². The van der Waals surface area contributed by atoms with Crippen molar-refractivity contribution >= 4 is 57.4 Å². The Kier molecular flexibility index (Phi) is 7.62. The van der Waals surface area contributed by atoms with Crippen LogP contribution >= 0.6 is 35.0 Å². The lowest BCUT2D eigenvalue weighted by Crippen LogP contribution is -2.31. The number of nitrogens with zero attached hydrogens (tertiary/aromatic N) is 2. The summed E-state index contributed by atoms with van der Waals surface area (Å²) in [5.74, 6) is -0.914. The molecule has 0 saturated carbocycles. The molecule has 0 saturated heterocycles. The van der Waals surface area contributed by atoms with Gasteiger partial charge in [0.2, 0.25) is 5.91 Å². The highest BCUT2D eigenvalue weighted by Crippen LogP contribution is 2.47. The Bertz CT molecular complexity index is 1250. The monoisotopic (exact) mass is 513 g/mol. The minimum Gasteiger partial charge on any atom is -0.497 e. The minimum absolute atomic E-state index is 0.0221. The van der Waals surface area contributed by atoms with Gasteiger partial charge in [-0.1, -0.05) is 53.2 Å². The molecule has 9 heteroatoms. The molecule has 1 heterocycles. The first kappa shape index (κ1) is 24.3. The molecule has 0 aromatic heterocycles. The smallest absolute Gasteiger partial charge is 0.234 e. The normalized spacial score (nSPS) is 19.7. The predicted octanol–water partition coefficient (Wildman–Crippen LogP) is 6.02. The second-order valence-electron chi connectivity index (χ2n) is 7.88. The van der Waals surface area contributed by atoms with E-state index in [1.807, 2.05) is 0 Å². The third-order valence-electron chi connectivity index (χ3n) is 5.74. The number of ether oxygens (including phenoxy) is 1. The van der Waals surface area contributed by atoms with Gasteiger partial charge in [0.25, 0.3) is 0 Å². The summed E-state index contributed by atoms with van der Waals surface area (Å²) in [4.78, 5) is 30.2. The van der Waals surface area contributed by atoms with Gasteiger partial charge in [-0.05, 0) is 36.6 Å². The average molecular weight is 514 g/mol. The van der Waals surface area contributed by atoms with Crippen molar-refractivity contribution in [2.45, 2.75) is 25.2 Å². The van der Waals surface area contributed by atoms with E-state index < -0.39 is 11.8 Å². The van der Waals surface area contributed by atoms with Crippen molar-refractivity contribution < 1.29 is 14.3 Å². The summed E-state index contributed by atoms with van der Waals surface area (Å²) < 4.78 is 5.19. The average Bonchev–Trinajstić information content (AvgIpc) is 2.84. The number of allylic oxidation sites excluding steroid dienone is 2. The maximum atomic E-state index is 12.9. The number of hydrogen-bond acceptors (Lipinski definition) is 6. The number of nitrogens with one attached hydrogen (secondary N) is 1. The van der Waals surface area contributed by atoms with Crippen LogP contribution in [0.3, 0.4) is 0 Å². The van der Waals surface area contributed by atoms with Crippen LogP contribution in [0.25, 0.3) is 0 Å². The molecular weight excluding hydrogens is 493 g/mol. The molecule has 0 spiro atoms. The van der Waals surface area contributed by atoms with Gasteiger partial charge in [-0.25, -0.2) is 4.99 Å². The molecule has 2 aliphatic rings. The Balaban J connectivity index is 1.62. The maximum absolute atomic E-state index is 12.9. The Hall–Kier alpha value is -2.79. The number of nitriles is 1. The number of thioether (sulfide) groups is 1. The molecule has 2 aromatic rings. The molecule has 1 aliphatic carbocycles. The van der Waals surface area contributed by atoms with E-state index >= 15 is 0 Å². The molecule has 6 nitrogen and oxygen atoms in total. The number of carbonyl (C=O) groups is 2. The Labute approximate surface area is 212 Å². The van der Waals surface area contributed by atoms with Gasteiger partial charge in [-0.2, -0.15) is 5.26 Å². The van der Waals surface area contributed by atoms with Crippen molar-refractivity contribution in [2.75, 3.05) is 18.2 Å².